The molecule has 1 aliphatic rings. The van der Waals surface area contributed by atoms with E-state index in [1.807, 2.05) is 75.4 Å². The molecule has 0 unspecified atom stereocenters. The van der Waals surface area contributed by atoms with Gasteiger partial charge in [0.25, 0.3) is 0 Å². The molecule has 1 aliphatic heterocycles. The number of methoxy groups -OCH3 is 1. The summed E-state index contributed by atoms with van der Waals surface area (Å²) in [5.41, 5.74) is 4.23. The van der Waals surface area contributed by atoms with E-state index in [0.717, 1.165) is 33.6 Å². The van der Waals surface area contributed by atoms with E-state index in [-0.39, 0.29) is 19.9 Å². The van der Waals surface area contributed by atoms with Crippen molar-refractivity contribution in [2.75, 3.05) is 13.9 Å². The number of nitrogens with zero attached hydrogens (tertiary/aromatic N) is 1. The van der Waals surface area contributed by atoms with Gasteiger partial charge in [-0.3, -0.25) is 0 Å². The highest BCUT2D eigenvalue weighted by Crippen LogP contribution is 2.34. The van der Waals surface area contributed by atoms with Crippen LogP contribution in [0.5, 0.6) is 17.2 Å². The number of benzene rings is 3. The zero-order valence-corrected chi connectivity index (χ0v) is 19.5. The van der Waals surface area contributed by atoms with Gasteiger partial charge in [-0.2, -0.15) is 4.31 Å². The first kappa shape index (κ1) is 22.2. The van der Waals surface area contributed by atoms with Gasteiger partial charge in [0.2, 0.25) is 16.8 Å². The van der Waals surface area contributed by atoms with Crippen LogP contribution in [-0.4, -0.2) is 26.6 Å². The number of hydrogen-bond donors (Lipinski definition) is 0. The molecule has 0 N–H and O–H groups in total. The maximum atomic E-state index is 13.9. The second kappa shape index (κ2) is 8.84. The van der Waals surface area contributed by atoms with E-state index >= 15 is 0 Å². The minimum Gasteiger partial charge on any atom is -0.497 e. The Hall–Kier alpha value is -3.03. The fourth-order valence-corrected chi connectivity index (χ4v) is 5.93. The molecule has 6 nitrogen and oxygen atoms in total. The molecule has 0 radical (unpaired) electrons. The van der Waals surface area contributed by atoms with Gasteiger partial charge in [0.1, 0.15) is 5.75 Å². The van der Waals surface area contributed by atoms with E-state index < -0.39 is 10.0 Å². The lowest BCUT2D eigenvalue weighted by Gasteiger charge is -2.25. The predicted molar refractivity (Wildman–Crippen MR) is 123 cm³/mol. The lowest BCUT2D eigenvalue weighted by molar-refractivity contribution is 0.174. The number of hydrogen-bond acceptors (Lipinski definition) is 5. The summed E-state index contributed by atoms with van der Waals surface area (Å²) in [5.74, 6) is 2.03. The molecule has 3 aromatic rings. The van der Waals surface area contributed by atoms with Crippen molar-refractivity contribution >= 4 is 10.0 Å². The molecule has 168 valence electrons. The monoisotopic (exact) mass is 453 g/mol. The summed E-state index contributed by atoms with van der Waals surface area (Å²) in [6.45, 7) is 6.27. The molecular weight excluding hydrogens is 426 g/mol. The largest absolute Gasteiger partial charge is 0.497 e. The van der Waals surface area contributed by atoms with Gasteiger partial charge < -0.3 is 14.2 Å². The second-order valence-electron chi connectivity index (χ2n) is 8.04. The molecule has 0 atom stereocenters. The molecule has 0 aromatic heterocycles. The summed E-state index contributed by atoms with van der Waals surface area (Å²) in [6.07, 6.45) is 0. The summed E-state index contributed by atoms with van der Waals surface area (Å²) in [7, 11) is -2.17. The molecule has 0 saturated carbocycles. The standard InChI is InChI=1S/C25H27NO5S/c1-17-11-18(2)25(19(3)12-17)32(27,28)26(14-20-5-8-22(29-4)9-6-20)15-21-7-10-23-24(13-21)31-16-30-23/h5-13H,14-16H2,1-4H3. The van der Waals surface area contributed by atoms with E-state index in [1.165, 1.54) is 4.31 Å². The molecule has 7 heteroatoms. The van der Waals surface area contributed by atoms with E-state index in [9.17, 15) is 8.42 Å². The van der Waals surface area contributed by atoms with Crippen molar-refractivity contribution in [2.45, 2.75) is 38.8 Å². The Balaban J connectivity index is 1.74. The molecule has 3 aromatic carbocycles. The van der Waals surface area contributed by atoms with E-state index in [0.29, 0.717) is 16.4 Å². The third kappa shape index (κ3) is 4.45. The zero-order valence-electron chi connectivity index (χ0n) is 18.7. The Kier molecular flexibility index (Phi) is 6.13. The average Bonchev–Trinajstić information content (AvgIpc) is 3.20. The van der Waals surface area contributed by atoms with Crippen LogP contribution in [0.25, 0.3) is 0 Å². The number of fused-ring (bicyclic) bond motifs is 1. The van der Waals surface area contributed by atoms with Gasteiger partial charge in [0.15, 0.2) is 11.5 Å². The van der Waals surface area contributed by atoms with E-state index in [4.69, 9.17) is 14.2 Å². The Morgan fingerprint density at radius 2 is 1.44 bits per heavy atom. The Morgan fingerprint density at radius 1 is 0.844 bits per heavy atom. The Bertz CT molecular complexity index is 1210. The highest BCUT2D eigenvalue weighted by atomic mass is 32.2. The van der Waals surface area contributed by atoms with Crippen LogP contribution in [0.4, 0.5) is 0 Å². The summed E-state index contributed by atoms with van der Waals surface area (Å²) >= 11 is 0. The Labute approximate surface area is 189 Å². The normalized spacial score (nSPS) is 12.9. The van der Waals surface area contributed by atoms with Crippen molar-refractivity contribution in [3.8, 4) is 17.2 Å². The zero-order chi connectivity index (χ0) is 22.9. The highest BCUT2D eigenvalue weighted by molar-refractivity contribution is 7.89. The third-order valence-corrected chi connectivity index (χ3v) is 7.61. The SMILES string of the molecule is COc1ccc(CN(Cc2ccc3c(c2)OCO3)S(=O)(=O)c2c(C)cc(C)cc2C)cc1. The van der Waals surface area contributed by atoms with Crippen LogP contribution in [0.2, 0.25) is 0 Å². The number of sulfonamides is 1. The van der Waals surface area contributed by atoms with Crippen LogP contribution in [0.15, 0.2) is 59.5 Å². The molecule has 0 amide bonds. The van der Waals surface area contributed by atoms with Crippen molar-refractivity contribution in [1.29, 1.82) is 0 Å². The lowest BCUT2D eigenvalue weighted by atomic mass is 10.1. The average molecular weight is 454 g/mol. The number of rotatable bonds is 7. The van der Waals surface area contributed by atoms with Crippen LogP contribution in [0.3, 0.4) is 0 Å². The molecule has 1 heterocycles. The quantitative estimate of drug-likeness (QED) is 0.517. The first-order valence-electron chi connectivity index (χ1n) is 10.4. The fraction of sp³-hybridized carbons (Fsp3) is 0.280. The summed E-state index contributed by atoms with van der Waals surface area (Å²) in [5, 5.41) is 0. The molecule has 0 fully saturated rings. The van der Waals surface area contributed by atoms with Crippen LogP contribution >= 0.6 is 0 Å². The van der Waals surface area contributed by atoms with Gasteiger partial charge in [-0.15, -0.1) is 0 Å². The number of ether oxygens (including phenoxy) is 3. The van der Waals surface area contributed by atoms with Gasteiger partial charge in [-0.1, -0.05) is 35.9 Å². The topological polar surface area (TPSA) is 65.1 Å². The van der Waals surface area contributed by atoms with Gasteiger partial charge in [-0.25, -0.2) is 8.42 Å². The maximum Gasteiger partial charge on any atom is 0.244 e. The highest BCUT2D eigenvalue weighted by Gasteiger charge is 2.29. The van der Waals surface area contributed by atoms with Crippen LogP contribution in [-0.2, 0) is 23.1 Å². The minimum absolute atomic E-state index is 0.175. The molecule has 0 aliphatic carbocycles. The third-order valence-electron chi connectivity index (χ3n) is 5.52. The summed E-state index contributed by atoms with van der Waals surface area (Å²) in [4.78, 5) is 0.359. The van der Waals surface area contributed by atoms with Crippen LogP contribution in [0, 0.1) is 20.8 Å². The van der Waals surface area contributed by atoms with Crippen molar-refractivity contribution in [1.82, 2.24) is 4.31 Å². The van der Waals surface area contributed by atoms with Crippen molar-refractivity contribution in [3.63, 3.8) is 0 Å². The van der Waals surface area contributed by atoms with E-state index in [1.54, 1.807) is 7.11 Å². The van der Waals surface area contributed by atoms with E-state index in [2.05, 4.69) is 0 Å². The van der Waals surface area contributed by atoms with Crippen LogP contribution in [0.1, 0.15) is 27.8 Å². The smallest absolute Gasteiger partial charge is 0.244 e. The van der Waals surface area contributed by atoms with Crippen molar-refractivity contribution < 1.29 is 22.6 Å². The first-order chi connectivity index (χ1) is 15.3. The van der Waals surface area contributed by atoms with Gasteiger partial charge in [0, 0.05) is 13.1 Å². The van der Waals surface area contributed by atoms with Crippen molar-refractivity contribution in [3.05, 3.63) is 82.4 Å². The second-order valence-corrected chi connectivity index (χ2v) is 9.91. The van der Waals surface area contributed by atoms with Gasteiger partial charge in [0.05, 0.1) is 12.0 Å². The van der Waals surface area contributed by atoms with Gasteiger partial charge in [-0.05, 0) is 67.3 Å². The molecule has 32 heavy (non-hydrogen) atoms. The first-order valence-corrected chi connectivity index (χ1v) is 11.8. The van der Waals surface area contributed by atoms with Gasteiger partial charge >= 0.3 is 0 Å². The van der Waals surface area contributed by atoms with Crippen molar-refractivity contribution in [2.24, 2.45) is 0 Å². The Morgan fingerprint density at radius 3 is 2.09 bits per heavy atom. The maximum absolute atomic E-state index is 13.9. The summed E-state index contributed by atoms with van der Waals surface area (Å²) in [6, 6.07) is 16.8. The predicted octanol–water partition coefficient (Wildman–Crippen LogP) is 4.74. The summed E-state index contributed by atoms with van der Waals surface area (Å²) < 4.78 is 45.4. The molecule has 0 spiro atoms. The fourth-order valence-electron chi connectivity index (χ4n) is 4.11. The molecule has 4 rings (SSSR count). The molecular formula is C25H27NO5S. The van der Waals surface area contributed by atoms with Crippen LogP contribution < -0.4 is 14.2 Å². The lowest BCUT2D eigenvalue weighted by Crippen LogP contribution is -2.31. The number of aryl methyl sites for hydroxylation is 3. The minimum atomic E-state index is -3.78. The molecule has 0 saturated heterocycles. The molecule has 0 bridgehead atoms.